The first kappa shape index (κ1) is 47.8. The summed E-state index contributed by atoms with van der Waals surface area (Å²) in [6, 6.07) is 33.7. The molecule has 0 radical (unpaired) electrons. The molecule has 3 heterocycles. The molecule has 0 spiro atoms. The minimum absolute atomic E-state index is 0.00578. The Labute approximate surface area is 384 Å². The van der Waals surface area contributed by atoms with Crippen LogP contribution in [0.3, 0.4) is 0 Å². The summed E-state index contributed by atoms with van der Waals surface area (Å²) in [7, 11) is 1.51. The standard InChI is InChI=1S/C48H53FN7O9P/c1-32(2)55(33(3)4)66(63-27-10-26-50)65-41-29-43(54-31-51-44-45(54)52-47(49)53-46(44)61-28-25-34-13-19-38(20-14-34)56(57)58)64-42(41)30-62-48(35-11-8-7-9-12-35,36-15-21-39(59-5)22-16-36)37-17-23-40(60-6)24-18-37/h7-9,11-24,31-33,41-43H,10,25,27-30H2,1-6H3/t41-,42+,43+,66?/m0/s1. The lowest BCUT2D eigenvalue weighted by Crippen LogP contribution is -2.39. The molecule has 0 bridgehead atoms. The molecule has 0 saturated carbocycles. The third-order valence-electron chi connectivity index (χ3n) is 11.2. The molecule has 16 nitrogen and oxygen atoms in total. The molecule has 1 aliphatic rings. The summed E-state index contributed by atoms with van der Waals surface area (Å²) in [6.45, 7) is 8.53. The number of rotatable bonds is 22. The van der Waals surface area contributed by atoms with Crippen LogP contribution in [0.4, 0.5) is 10.1 Å². The van der Waals surface area contributed by atoms with Crippen LogP contribution in [0.25, 0.3) is 11.2 Å². The molecule has 4 aromatic carbocycles. The minimum Gasteiger partial charge on any atom is -0.497 e. The first-order chi connectivity index (χ1) is 31.9. The fourth-order valence-electron chi connectivity index (χ4n) is 8.05. The van der Waals surface area contributed by atoms with Crippen LogP contribution in [-0.4, -0.2) is 87.4 Å². The molecule has 1 fully saturated rings. The summed E-state index contributed by atoms with van der Waals surface area (Å²) in [5.74, 6) is 1.30. The molecule has 0 N–H and O–H groups in total. The van der Waals surface area contributed by atoms with Crippen LogP contribution < -0.4 is 14.2 Å². The van der Waals surface area contributed by atoms with Crippen molar-refractivity contribution in [2.45, 2.75) is 83.1 Å². The Bertz CT molecular complexity index is 2510. The molecule has 4 atom stereocenters. The van der Waals surface area contributed by atoms with Gasteiger partial charge in [-0.2, -0.15) is 19.6 Å². The van der Waals surface area contributed by atoms with Crippen LogP contribution in [-0.2, 0) is 30.5 Å². The highest BCUT2D eigenvalue weighted by Gasteiger charge is 2.45. The molecule has 1 unspecified atom stereocenters. The second-order valence-corrected chi connectivity index (χ2v) is 17.4. The van der Waals surface area contributed by atoms with E-state index in [9.17, 15) is 15.4 Å². The van der Waals surface area contributed by atoms with Crippen LogP contribution in [0.2, 0.25) is 0 Å². The van der Waals surface area contributed by atoms with Gasteiger partial charge in [-0.15, -0.1) is 0 Å². The number of ether oxygens (including phenoxy) is 5. The average Bonchev–Trinajstić information content (AvgIpc) is 3.93. The second kappa shape index (κ2) is 21.9. The Hall–Kier alpha value is -6.12. The number of nitriles is 1. The van der Waals surface area contributed by atoms with Crippen molar-refractivity contribution in [2.24, 2.45) is 0 Å². The van der Waals surface area contributed by atoms with Crippen molar-refractivity contribution in [2.75, 3.05) is 34.0 Å². The molecule has 0 aliphatic carbocycles. The number of nitrogens with zero attached hydrogens (tertiary/aromatic N) is 7. The van der Waals surface area contributed by atoms with Gasteiger partial charge in [0.25, 0.3) is 14.2 Å². The predicted molar refractivity (Wildman–Crippen MR) is 244 cm³/mol. The normalized spacial score (nSPS) is 16.8. The van der Waals surface area contributed by atoms with Crippen molar-refractivity contribution in [3.63, 3.8) is 0 Å². The third kappa shape index (κ3) is 10.8. The van der Waals surface area contributed by atoms with Crippen LogP contribution in [0.1, 0.15) is 69.0 Å². The maximum Gasteiger partial charge on any atom is 0.314 e. The van der Waals surface area contributed by atoms with Crippen LogP contribution in [0.15, 0.2) is 109 Å². The highest BCUT2D eigenvalue weighted by atomic mass is 31.2. The topological polar surface area (TPSA) is 178 Å². The van der Waals surface area contributed by atoms with E-state index in [1.54, 1.807) is 30.9 Å². The van der Waals surface area contributed by atoms with E-state index in [0.717, 1.165) is 22.3 Å². The van der Waals surface area contributed by atoms with E-state index < -0.39 is 43.6 Å². The van der Waals surface area contributed by atoms with Gasteiger partial charge in [0.1, 0.15) is 29.4 Å². The second-order valence-electron chi connectivity index (χ2n) is 16.0. The molecule has 66 heavy (non-hydrogen) atoms. The van der Waals surface area contributed by atoms with Gasteiger partial charge in [0.15, 0.2) is 11.2 Å². The largest absolute Gasteiger partial charge is 0.497 e. The molecule has 1 aliphatic heterocycles. The highest BCUT2D eigenvalue weighted by Crippen LogP contribution is 2.51. The highest BCUT2D eigenvalue weighted by molar-refractivity contribution is 7.44. The Morgan fingerprint density at radius 3 is 2.11 bits per heavy atom. The number of imidazole rings is 1. The number of aromatic nitrogens is 4. The van der Waals surface area contributed by atoms with E-state index in [1.807, 2.05) is 78.9 Å². The molecule has 7 rings (SSSR count). The Kier molecular flexibility index (Phi) is 15.9. The SMILES string of the molecule is COc1ccc(C(OC[C@H]2O[C@@H](n3cnc4c(OCCc5ccc([N+](=O)[O-])cc5)nc(F)nc43)C[C@@H]2OP(OCCC#N)N(C(C)C)C(C)C)(c2ccccc2)c2ccc(OC)cc2)cc1. The fourth-order valence-corrected chi connectivity index (χ4v) is 9.81. The summed E-state index contributed by atoms with van der Waals surface area (Å²) in [5, 5.41) is 20.6. The van der Waals surface area contributed by atoms with Gasteiger partial charge in [0.2, 0.25) is 5.88 Å². The Balaban J connectivity index is 1.25. The molecule has 6 aromatic rings. The smallest absolute Gasteiger partial charge is 0.314 e. The van der Waals surface area contributed by atoms with Gasteiger partial charge in [0, 0.05) is 37.1 Å². The zero-order valence-electron chi connectivity index (χ0n) is 37.7. The van der Waals surface area contributed by atoms with Crippen molar-refractivity contribution in [1.29, 1.82) is 5.26 Å². The third-order valence-corrected chi connectivity index (χ3v) is 13.3. The molecule has 0 amide bonds. The number of hydrogen-bond donors (Lipinski definition) is 0. The van der Waals surface area contributed by atoms with Gasteiger partial charge in [-0.05, 0) is 74.2 Å². The van der Waals surface area contributed by atoms with E-state index in [0.29, 0.717) is 17.9 Å². The van der Waals surface area contributed by atoms with Crippen LogP contribution in [0, 0.1) is 27.5 Å². The zero-order chi connectivity index (χ0) is 46.8. The lowest BCUT2D eigenvalue weighted by atomic mass is 9.80. The summed E-state index contributed by atoms with van der Waals surface area (Å²) >= 11 is 0. The number of non-ortho nitro benzene ring substituents is 1. The average molecular weight is 922 g/mol. The number of fused-ring (bicyclic) bond motifs is 1. The minimum atomic E-state index is -1.73. The van der Waals surface area contributed by atoms with E-state index >= 15 is 4.39 Å². The quantitative estimate of drug-likeness (QED) is 0.0157. The number of nitro benzene ring substituents is 1. The Morgan fingerprint density at radius 1 is 0.909 bits per heavy atom. The maximum atomic E-state index is 15.3. The van der Waals surface area contributed by atoms with Crippen molar-refractivity contribution in [1.82, 2.24) is 24.2 Å². The van der Waals surface area contributed by atoms with Crippen molar-refractivity contribution in [3.8, 4) is 23.4 Å². The van der Waals surface area contributed by atoms with E-state index in [2.05, 4.69) is 53.4 Å². The molecule has 1 saturated heterocycles. The molecule has 2 aromatic heterocycles. The zero-order valence-corrected chi connectivity index (χ0v) is 38.5. The molecule has 18 heteroatoms. The number of methoxy groups -OCH3 is 2. The van der Waals surface area contributed by atoms with Gasteiger partial charge in [-0.3, -0.25) is 14.7 Å². The summed E-state index contributed by atoms with van der Waals surface area (Å²) in [6.07, 6.45) is -0.856. The maximum absolute atomic E-state index is 15.3. The number of halogens is 1. The van der Waals surface area contributed by atoms with E-state index in [1.165, 1.54) is 18.5 Å². The number of hydrogen-bond acceptors (Lipinski definition) is 14. The number of benzene rings is 4. The summed E-state index contributed by atoms with van der Waals surface area (Å²) < 4.78 is 63.8. The van der Waals surface area contributed by atoms with Gasteiger partial charge >= 0.3 is 6.08 Å². The van der Waals surface area contributed by atoms with Gasteiger partial charge < -0.3 is 32.7 Å². The van der Waals surface area contributed by atoms with Crippen LogP contribution >= 0.6 is 8.53 Å². The van der Waals surface area contributed by atoms with Crippen molar-refractivity contribution in [3.05, 3.63) is 148 Å². The monoisotopic (exact) mass is 921 g/mol. The summed E-state index contributed by atoms with van der Waals surface area (Å²) in [5.41, 5.74) is 2.46. The van der Waals surface area contributed by atoms with Crippen LogP contribution in [0.5, 0.6) is 17.4 Å². The van der Waals surface area contributed by atoms with Gasteiger partial charge in [-0.1, -0.05) is 66.7 Å². The van der Waals surface area contributed by atoms with Crippen molar-refractivity contribution < 1.29 is 42.0 Å². The lowest BCUT2D eigenvalue weighted by Gasteiger charge is -2.39. The van der Waals surface area contributed by atoms with Gasteiger partial charge in [0.05, 0.1) is 63.9 Å². The van der Waals surface area contributed by atoms with E-state index in [4.69, 9.17) is 32.7 Å². The predicted octanol–water partition coefficient (Wildman–Crippen LogP) is 9.47. The first-order valence-electron chi connectivity index (χ1n) is 21.6. The summed E-state index contributed by atoms with van der Waals surface area (Å²) in [4.78, 5) is 23.3. The number of nitro groups is 1. The molecular formula is C48H53FN7O9P. The first-order valence-corrected chi connectivity index (χ1v) is 22.7. The molecule has 346 valence electrons. The van der Waals surface area contributed by atoms with Gasteiger partial charge in [-0.25, -0.2) is 9.65 Å². The van der Waals surface area contributed by atoms with Crippen molar-refractivity contribution >= 4 is 25.4 Å². The molecular weight excluding hydrogens is 869 g/mol. The van der Waals surface area contributed by atoms with E-state index in [-0.39, 0.29) is 67.5 Å². The fraction of sp³-hybridized carbons (Fsp3) is 0.375. The Morgan fingerprint density at radius 2 is 1.53 bits per heavy atom. The lowest BCUT2D eigenvalue weighted by molar-refractivity contribution is -0.384.